The number of nitrogens with zero attached hydrogens (tertiary/aromatic N) is 1. The minimum Gasteiger partial charge on any atom is -0.443 e. The van der Waals surface area contributed by atoms with Crippen molar-refractivity contribution in [3.05, 3.63) is 29.5 Å². The van der Waals surface area contributed by atoms with Crippen molar-refractivity contribution >= 4 is 29.7 Å². The maximum Gasteiger partial charge on any atom is 0.236 e. The van der Waals surface area contributed by atoms with E-state index in [2.05, 4.69) is 15.6 Å². The lowest BCUT2D eigenvalue weighted by molar-refractivity contribution is -0.121. The van der Waals surface area contributed by atoms with E-state index in [1.807, 2.05) is 17.5 Å². The van der Waals surface area contributed by atoms with Crippen molar-refractivity contribution in [1.82, 2.24) is 15.6 Å². The lowest BCUT2D eigenvalue weighted by Crippen LogP contribution is -2.31. The van der Waals surface area contributed by atoms with Crippen LogP contribution in [0.4, 0.5) is 0 Å². The van der Waals surface area contributed by atoms with Gasteiger partial charge < -0.3 is 15.1 Å². The molecular weight excluding hydrogens is 310 g/mol. The first kappa shape index (κ1) is 16.0. The lowest BCUT2D eigenvalue weighted by atomic mass is 10.1. The number of oxazole rings is 1. The van der Waals surface area contributed by atoms with Gasteiger partial charge >= 0.3 is 0 Å². The van der Waals surface area contributed by atoms with Gasteiger partial charge in [-0.1, -0.05) is 6.07 Å². The highest BCUT2D eigenvalue weighted by molar-refractivity contribution is 7.13. The molecular formula is C14H18ClN3O2S. The number of carbonyl (C=O) groups is 1. The SMILES string of the molecule is Cl.O=C(CC1CCCN1)NCc1coc(-c2cccs2)n1. The Kier molecular flexibility index (Phi) is 5.78. The maximum absolute atomic E-state index is 11.8. The summed E-state index contributed by atoms with van der Waals surface area (Å²) in [6.07, 6.45) is 4.38. The quantitative estimate of drug-likeness (QED) is 0.885. The summed E-state index contributed by atoms with van der Waals surface area (Å²) in [6, 6.07) is 4.25. The summed E-state index contributed by atoms with van der Waals surface area (Å²) in [5.41, 5.74) is 0.751. The number of rotatable bonds is 5. The molecule has 3 heterocycles. The van der Waals surface area contributed by atoms with Gasteiger partial charge in [0, 0.05) is 12.5 Å². The zero-order chi connectivity index (χ0) is 13.8. The molecule has 0 aromatic carbocycles. The van der Waals surface area contributed by atoms with E-state index in [0.29, 0.717) is 24.9 Å². The van der Waals surface area contributed by atoms with Crippen LogP contribution < -0.4 is 10.6 Å². The van der Waals surface area contributed by atoms with Gasteiger partial charge in [-0.15, -0.1) is 23.7 Å². The summed E-state index contributed by atoms with van der Waals surface area (Å²) < 4.78 is 5.41. The molecule has 0 saturated carbocycles. The molecule has 1 aliphatic heterocycles. The van der Waals surface area contributed by atoms with Crippen molar-refractivity contribution in [2.75, 3.05) is 6.54 Å². The average Bonchev–Trinajstić information content (AvgIpc) is 3.18. The van der Waals surface area contributed by atoms with E-state index in [1.165, 1.54) is 0 Å². The number of halogens is 1. The topological polar surface area (TPSA) is 67.2 Å². The highest BCUT2D eigenvalue weighted by Crippen LogP contribution is 2.23. The van der Waals surface area contributed by atoms with Crippen molar-refractivity contribution in [2.24, 2.45) is 0 Å². The number of thiophene rings is 1. The smallest absolute Gasteiger partial charge is 0.236 e. The Morgan fingerprint density at radius 2 is 2.48 bits per heavy atom. The summed E-state index contributed by atoms with van der Waals surface area (Å²) in [5.74, 6) is 0.673. The maximum atomic E-state index is 11.8. The highest BCUT2D eigenvalue weighted by atomic mass is 35.5. The molecule has 1 atom stereocenters. The highest BCUT2D eigenvalue weighted by Gasteiger charge is 2.17. The Hall–Kier alpha value is -1.37. The first-order valence-electron chi connectivity index (χ1n) is 6.79. The molecule has 0 radical (unpaired) electrons. The van der Waals surface area contributed by atoms with E-state index in [-0.39, 0.29) is 18.3 Å². The molecule has 2 N–H and O–H groups in total. The Bertz CT molecular complexity index is 565. The molecule has 1 aliphatic rings. The van der Waals surface area contributed by atoms with Crippen molar-refractivity contribution in [3.63, 3.8) is 0 Å². The van der Waals surface area contributed by atoms with E-state index < -0.39 is 0 Å². The molecule has 114 valence electrons. The molecule has 2 aromatic heterocycles. The molecule has 0 aliphatic carbocycles. The second-order valence-corrected chi connectivity index (χ2v) is 5.84. The summed E-state index contributed by atoms with van der Waals surface area (Å²) in [5, 5.41) is 8.18. The minimum atomic E-state index is 0. The van der Waals surface area contributed by atoms with Gasteiger partial charge in [-0.2, -0.15) is 0 Å². The third-order valence-electron chi connectivity index (χ3n) is 3.34. The van der Waals surface area contributed by atoms with E-state index in [1.54, 1.807) is 17.6 Å². The molecule has 1 unspecified atom stereocenters. The van der Waals surface area contributed by atoms with Gasteiger partial charge in [-0.25, -0.2) is 4.98 Å². The number of nitrogens with one attached hydrogen (secondary N) is 2. The van der Waals surface area contributed by atoms with Crippen LogP contribution in [0.2, 0.25) is 0 Å². The van der Waals surface area contributed by atoms with E-state index in [9.17, 15) is 4.79 Å². The summed E-state index contributed by atoms with van der Waals surface area (Å²) >= 11 is 1.58. The van der Waals surface area contributed by atoms with Gasteiger partial charge in [0.25, 0.3) is 0 Å². The molecule has 1 saturated heterocycles. The van der Waals surface area contributed by atoms with Gasteiger partial charge in [-0.3, -0.25) is 4.79 Å². The fourth-order valence-electron chi connectivity index (χ4n) is 2.32. The summed E-state index contributed by atoms with van der Waals surface area (Å²) in [6.45, 7) is 1.44. The Morgan fingerprint density at radius 1 is 1.57 bits per heavy atom. The van der Waals surface area contributed by atoms with E-state index >= 15 is 0 Å². The average molecular weight is 328 g/mol. The van der Waals surface area contributed by atoms with E-state index in [0.717, 1.165) is 30.0 Å². The zero-order valence-electron chi connectivity index (χ0n) is 11.5. The van der Waals surface area contributed by atoms with Gasteiger partial charge in [0.2, 0.25) is 11.8 Å². The number of hydrogen-bond acceptors (Lipinski definition) is 5. The van der Waals surface area contributed by atoms with Crippen LogP contribution in [-0.2, 0) is 11.3 Å². The van der Waals surface area contributed by atoms with Gasteiger partial charge in [-0.05, 0) is 30.8 Å². The fraction of sp³-hybridized carbons (Fsp3) is 0.429. The van der Waals surface area contributed by atoms with Crippen LogP contribution in [0, 0.1) is 0 Å². The summed E-state index contributed by atoms with van der Waals surface area (Å²) in [7, 11) is 0. The minimum absolute atomic E-state index is 0. The molecule has 3 rings (SSSR count). The zero-order valence-corrected chi connectivity index (χ0v) is 13.1. The van der Waals surface area contributed by atoms with E-state index in [4.69, 9.17) is 4.42 Å². The molecule has 21 heavy (non-hydrogen) atoms. The van der Waals surface area contributed by atoms with Gasteiger partial charge in [0.15, 0.2) is 0 Å². The van der Waals surface area contributed by atoms with Crippen LogP contribution in [0.25, 0.3) is 10.8 Å². The lowest BCUT2D eigenvalue weighted by Gasteiger charge is -2.09. The third kappa shape index (κ3) is 4.30. The summed E-state index contributed by atoms with van der Waals surface area (Å²) in [4.78, 5) is 17.2. The third-order valence-corrected chi connectivity index (χ3v) is 4.20. The molecule has 5 nitrogen and oxygen atoms in total. The van der Waals surface area contributed by atoms with Crippen molar-refractivity contribution in [2.45, 2.75) is 31.8 Å². The van der Waals surface area contributed by atoms with Gasteiger partial charge in [0.05, 0.1) is 17.1 Å². The second-order valence-electron chi connectivity index (χ2n) is 4.90. The Morgan fingerprint density at radius 3 is 3.19 bits per heavy atom. The van der Waals surface area contributed by atoms with Crippen molar-refractivity contribution in [3.8, 4) is 10.8 Å². The molecule has 0 spiro atoms. The Balaban J connectivity index is 0.00000161. The van der Waals surface area contributed by atoms with Crippen LogP contribution in [0.3, 0.4) is 0 Å². The van der Waals surface area contributed by atoms with Gasteiger partial charge in [0.1, 0.15) is 6.26 Å². The van der Waals surface area contributed by atoms with Crippen molar-refractivity contribution < 1.29 is 9.21 Å². The second kappa shape index (κ2) is 7.59. The number of amides is 1. The van der Waals surface area contributed by atoms with Crippen molar-refractivity contribution in [1.29, 1.82) is 0 Å². The number of carbonyl (C=O) groups excluding carboxylic acids is 1. The Labute approximate surface area is 133 Å². The molecule has 2 aromatic rings. The molecule has 0 bridgehead atoms. The molecule has 1 fully saturated rings. The first-order chi connectivity index (χ1) is 9.81. The van der Waals surface area contributed by atoms with Crippen LogP contribution >= 0.6 is 23.7 Å². The first-order valence-corrected chi connectivity index (χ1v) is 7.67. The molecule has 7 heteroatoms. The largest absolute Gasteiger partial charge is 0.443 e. The molecule has 1 amide bonds. The van der Waals surface area contributed by atoms with Crippen LogP contribution in [0.15, 0.2) is 28.2 Å². The normalized spacial score (nSPS) is 17.4. The fourth-order valence-corrected chi connectivity index (χ4v) is 2.97. The predicted molar refractivity (Wildman–Crippen MR) is 84.6 cm³/mol. The van der Waals surface area contributed by atoms with Crippen LogP contribution in [0.5, 0.6) is 0 Å². The predicted octanol–water partition coefficient (Wildman–Crippen LogP) is 2.58. The monoisotopic (exact) mass is 327 g/mol. The number of aromatic nitrogens is 1. The van der Waals surface area contributed by atoms with Crippen LogP contribution in [0.1, 0.15) is 25.0 Å². The number of hydrogen-bond donors (Lipinski definition) is 2. The van der Waals surface area contributed by atoms with Crippen LogP contribution in [-0.4, -0.2) is 23.5 Å². The standard InChI is InChI=1S/C14H17N3O2S.ClH/c18-13(7-10-3-1-5-15-10)16-8-11-9-19-14(17-11)12-4-2-6-20-12;/h2,4,6,9-10,15H,1,3,5,7-8H2,(H,16,18);1H.